The predicted molar refractivity (Wildman–Crippen MR) is 79.8 cm³/mol. The summed E-state index contributed by atoms with van der Waals surface area (Å²) < 4.78 is 7.26. The molecule has 2 aromatic rings. The smallest absolute Gasteiger partial charge is 0.254 e. The molecule has 0 saturated carbocycles. The van der Waals surface area contributed by atoms with Crippen molar-refractivity contribution in [3.8, 4) is 5.69 Å². The number of tetrazole rings is 1. The molecule has 0 N–H and O–H groups in total. The highest BCUT2D eigenvalue weighted by Gasteiger charge is 2.26. The van der Waals surface area contributed by atoms with Gasteiger partial charge in [0.1, 0.15) is 6.33 Å². The highest BCUT2D eigenvalue weighted by Crippen LogP contribution is 2.18. The molecule has 2 atom stereocenters. The first-order chi connectivity index (χ1) is 10.5. The van der Waals surface area contributed by atoms with Crippen LogP contribution in [0.2, 0.25) is 0 Å². The molecule has 1 fully saturated rings. The van der Waals surface area contributed by atoms with Gasteiger partial charge in [-0.15, -0.1) is 5.10 Å². The Morgan fingerprint density at radius 2 is 2.00 bits per heavy atom. The topological polar surface area (TPSA) is 73.1 Å². The largest absolute Gasteiger partial charge is 0.372 e. The van der Waals surface area contributed by atoms with Crippen LogP contribution in [0.15, 0.2) is 24.5 Å². The molecule has 3 rings (SSSR count). The summed E-state index contributed by atoms with van der Waals surface area (Å²) in [5.74, 6) is 0.0355. The molecule has 1 aromatic carbocycles. The minimum absolute atomic E-state index is 0.0355. The number of aromatic nitrogens is 4. The third-order valence-electron chi connectivity index (χ3n) is 3.75. The number of morpholine rings is 1. The molecular weight excluding hydrogens is 282 g/mol. The zero-order valence-corrected chi connectivity index (χ0v) is 12.9. The Labute approximate surface area is 128 Å². The molecule has 1 amide bonds. The summed E-state index contributed by atoms with van der Waals surface area (Å²) in [4.78, 5) is 14.5. The van der Waals surface area contributed by atoms with Crippen molar-refractivity contribution < 1.29 is 9.53 Å². The fourth-order valence-electron chi connectivity index (χ4n) is 2.84. The Morgan fingerprint density at radius 1 is 1.27 bits per heavy atom. The van der Waals surface area contributed by atoms with Gasteiger partial charge in [0.2, 0.25) is 0 Å². The van der Waals surface area contributed by atoms with Crippen molar-refractivity contribution in [1.29, 1.82) is 0 Å². The lowest BCUT2D eigenvalue weighted by molar-refractivity contribution is -0.0586. The lowest BCUT2D eigenvalue weighted by Crippen LogP contribution is -2.48. The Bertz CT molecular complexity index is 661. The number of amides is 1. The van der Waals surface area contributed by atoms with Gasteiger partial charge in [-0.2, -0.15) is 0 Å². The van der Waals surface area contributed by atoms with E-state index in [1.54, 1.807) is 4.68 Å². The molecule has 7 heteroatoms. The Kier molecular flexibility index (Phi) is 3.89. The summed E-state index contributed by atoms with van der Waals surface area (Å²) in [5.41, 5.74) is 2.49. The second kappa shape index (κ2) is 5.84. The van der Waals surface area contributed by atoms with E-state index in [1.807, 2.05) is 43.9 Å². The van der Waals surface area contributed by atoms with Crippen LogP contribution >= 0.6 is 0 Å². The fraction of sp³-hybridized carbons (Fsp3) is 0.467. The van der Waals surface area contributed by atoms with Crippen molar-refractivity contribution in [2.75, 3.05) is 13.1 Å². The molecule has 0 radical (unpaired) electrons. The molecule has 116 valence electrons. The van der Waals surface area contributed by atoms with E-state index in [4.69, 9.17) is 4.74 Å². The molecule has 1 aliphatic heterocycles. The van der Waals surface area contributed by atoms with E-state index in [0.29, 0.717) is 18.7 Å². The van der Waals surface area contributed by atoms with Crippen molar-refractivity contribution in [3.63, 3.8) is 0 Å². The van der Waals surface area contributed by atoms with E-state index < -0.39 is 0 Å². The van der Waals surface area contributed by atoms with Crippen LogP contribution in [0.25, 0.3) is 5.69 Å². The van der Waals surface area contributed by atoms with Crippen LogP contribution < -0.4 is 0 Å². The minimum atomic E-state index is 0.0355. The maximum atomic E-state index is 12.7. The SMILES string of the molecule is Cc1cc(C(=O)N2C[C@@H](C)O[C@@H](C)C2)ccc1-n1cnnn1. The van der Waals surface area contributed by atoms with Gasteiger partial charge in [0.15, 0.2) is 0 Å². The van der Waals surface area contributed by atoms with Crippen molar-refractivity contribution in [2.45, 2.75) is 33.0 Å². The second-order valence-electron chi connectivity index (χ2n) is 5.72. The maximum Gasteiger partial charge on any atom is 0.254 e. The molecule has 0 spiro atoms. The van der Waals surface area contributed by atoms with Gasteiger partial charge in [-0.3, -0.25) is 4.79 Å². The lowest BCUT2D eigenvalue weighted by Gasteiger charge is -2.35. The van der Waals surface area contributed by atoms with Crippen molar-refractivity contribution in [1.82, 2.24) is 25.1 Å². The number of hydrogen-bond acceptors (Lipinski definition) is 5. The van der Waals surface area contributed by atoms with Gasteiger partial charge in [-0.1, -0.05) is 0 Å². The third kappa shape index (κ3) is 2.85. The maximum absolute atomic E-state index is 12.7. The normalized spacial score (nSPS) is 21.9. The number of hydrogen-bond donors (Lipinski definition) is 0. The summed E-state index contributed by atoms with van der Waals surface area (Å²) in [6, 6.07) is 5.56. The minimum Gasteiger partial charge on any atom is -0.372 e. The number of ether oxygens (including phenoxy) is 1. The Morgan fingerprint density at radius 3 is 2.59 bits per heavy atom. The summed E-state index contributed by atoms with van der Waals surface area (Å²) in [5, 5.41) is 11.1. The summed E-state index contributed by atoms with van der Waals surface area (Å²) in [6.07, 6.45) is 1.67. The van der Waals surface area contributed by atoms with E-state index >= 15 is 0 Å². The first kappa shape index (κ1) is 14.6. The molecule has 0 bridgehead atoms. The fourth-order valence-corrected chi connectivity index (χ4v) is 2.84. The van der Waals surface area contributed by atoms with Crippen molar-refractivity contribution in [3.05, 3.63) is 35.7 Å². The second-order valence-corrected chi connectivity index (χ2v) is 5.72. The number of benzene rings is 1. The van der Waals surface area contributed by atoms with E-state index in [-0.39, 0.29) is 18.1 Å². The van der Waals surface area contributed by atoms with Crippen LogP contribution in [-0.2, 0) is 4.74 Å². The number of aryl methyl sites for hydroxylation is 1. The molecule has 2 heterocycles. The van der Waals surface area contributed by atoms with Gasteiger partial charge in [0.05, 0.1) is 17.9 Å². The van der Waals surface area contributed by atoms with Crippen molar-refractivity contribution >= 4 is 5.91 Å². The van der Waals surface area contributed by atoms with E-state index in [9.17, 15) is 4.79 Å². The van der Waals surface area contributed by atoms with E-state index in [2.05, 4.69) is 15.5 Å². The van der Waals surface area contributed by atoms with E-state index in [1.165, 1.54) is 6.33 Å². The van der Waals surface area contributed by atoms with Crippen molar-refractivity contribution in [2.24, 2.45) is 0 Å². The molecule has 22 heavy (non-hydrogen) atoms. The number of rotatable bonds is 2. The molecule has 7 nitrogen and oxygen atoms in total. The van der Waals surface area contributed by atoms with Gasteiger partial charge in [-0.25, -0.2) is 4.68 Å². The molecule has 1 saturated heterocycles. The zero-order valence-electron chi connectivity index (χ0n) is 12.9. The van der Waals surface area contributed by atoms with E-state index in [0.717, 1.165) is 11.3 Å². The van der Waals surface area contributed by atoms with Crippen LogP contribution in [0.1, 0.15) is 29.8 Å². The highest BCUT2D eigenvalue weighted by molar-refractivity contribution is 5.94. The number of nitrogens with zero attached hydrogens (tertiary/aromatic N) is 5. The Hall–Kier alpha value is -2.28. The summed E-state index contributed by atoms with van der Waals surface area (Å²) in [6.45, 7) is 7.16. The highest BCUT2D eigenvalue weighted by atomic mass is 16.5. The van der Waals surface area contributed by atoms with Crippen LogP contribution in [0.4, 0.5) is 0 Å². The van der Waals surface area contributed by atoms with Crippen LogP contribution in [0, 0.1) is 6.92 Å². The first-order valence-corrected chi connectivity index (χ1v) is 7.33. The summed E-state index contributed by atoms with van der Waals surface area (Å²) in [7, 11) is 0. The van der Waals surface area contributed by atoms with Crippen LogP contribution in [0.3, 0.4) is 0 Å². The van der Waals surface area contributed by atoms with Gasteiger partial charge in [-0.05, 0) is 55.0 Å². The molecular formula is C15H19N5O2. The Balaban J connectivity index is 1.83. The zero-order chi connectivity index (χ0) is 15.7. The molecule has 1 aliphatic rings. The average Bonchev–Trinajstić information content (AvgIpc) is 2.99. The monoisotopic (exact) mass is 301 g/mol. The number of carbonyl (C=O) groups excluding carboxylic acids is 1. The standard InChI is InChI=1S/C15H19N5O2/c1-10-6-13(4-5-14(10)20-9-16-17-18-20)15(21)19-7-11(2)22-12(3)8-19/h4-6,9,11-12H,7-8H2,1-3H3/t11-,12+. The first-order valence-electron chi connectivity index (χ1n) is 7.33. The van der Waals surface area contributed by atoms with Gasteiger partial charge in [0, 0.05) is 18.7 Å². The summed E-state index contributed by atoms with van der Waals surface area (Å²) >= 11 is 0. The third-order valence-corrected chi connectivity index (χ3v) is 3.75. The average molecular weight is 301 g/mol. The quantitative estimate of drug-likeness (QED) is 0.834. The number of carbonyl (C=O) groups is 1. The molecule has 1 aromatic heterocycles. The molecule has 0 unspecified atom stereocenters. The van der Waals surface area contributed by atoms with Gasteiger partial charge >= 0.3 is 0 Å². The predicted octanol–water partition coefficient (Wildman–Crippen LogP) is 1.22. The van der Waals surface area contributed by atoms with Crippen LogP contribution in [0.5, 0.6) is 0 Å². The lowest BCUT2D eigenvalue weighted by atomic mass is 10.1. The van der Waals surface area contributed by atoms with Crippen LogP contribution in [-0.4, -0.2) is 56.3 Å². The van der Waals surface area contributed by atoms with Gasteiger partial charge < -0.3 is 9.64 Å². The molecule has 0 aliphatic carbocycles. The van der Waals surface area contributed by atoms with Gasteiger partial charge in [0.25, 0.3) is 5.91 Å².